The Hall–Kier alpha value is -1.06. The fourth-order valence-corrected chi connectivity index (χ4v) is 3.27. The van der Waals surface area contributed by atoms with Crippen molar-refractivity contribution in [2.45, 2.75) is 38.6 Å². The van der Waals surface area contributed by atoms with E-state index in [0.717, 1.165) is 42.1 Å². The Bertz CT molecular complexity index is 570. The lowest BCUT2D eigenvalue weighted by Crippen LogP contribution is -2.30. The summed E-state index contributed by atoms with van der Waals surface area (Å²) < 4.78 is 2.33. The van der Waals surface area contributed by atoms with E-state index < -0.39 is 0 Å². The molecule has 102 valence electrons. The van der Waals surface area contributed by atoms with E-state index in [9.17, 15) is 0 Å². The SMILES string of the molecule is CCCn1c(C2CCCNC2)nc2cccc(Cl)c21. The molecule has 1 aromatic carbocycles. The van der Waals surface area contributed by atoms with Crippen molar-refractivity contribution in [1.82, 2.24) is 14.9 Å². The number of piperidine rings is 1. The zero-order valence-electron chi connectivity index (χ0n) is 11.3. The van der Waals surface area contributed by atoms with E-state index in [0.29, 0.717) is 5.92 Å². The normalized spacial score (nSPS) is 20.0. The fraction of sp³-hybridized carbons (Fsp3) is 0.533. The molecule has 1 atom stereocenters. The van der Waals surface area contributed by atoms with Gasteiger partial charge < -0.3 is 9.88 Å². The molecule has 19 heavy (non-hydrogen) atoms. The highest BCUT2D eigenvalue weighted by Gasteiger charge is 2.22. The van der Waals surface area contributed by atoms with E-state index in [2.05, 4.69) is 22.9 Å². The van der Waals surface area contributed by atoms with Crippen LogP contribution in [0.15, 0.2) is 18.2 Å². The Morgan fingerprint density at radius 3 is 3.11 bits per heavy atom. The van der Waals surface area contributed by atoms with E-state index in [1.807, 2.05) is 12.1 Å². The lowest BCUT2D eigenvalue weighted by molar-refractivity contribution is 0.433. The summed E-state index contributed by atoms with van der Waals surface area (Å²) in [5, 5.41) is 4.29. The van der Waals surface area contributed by atoms with Crippen molar-refractivity contribution in [3.05, 3.63) is 29.0 Å². The molecular weight excluding hydrogens is 258 g/mol. The number of aromatic nitrogens is 2. The molecule has 0 spiro atoms. The number of hydrogen-bond donors (Lipinski definition) is 1. The largest absolute Gasteiger partial charge is 0.327 e. The molecule has 0 saturated carbocycles. The van der Waals surface area contributed by atoms with E-state index in [4.69, 9.17) is 16.6 Å². The van der Waals surface area contributed by atoms with E-state index in [1.54, 1.807) is 0 Å². The van der Waals surface area contributed by atoms with Gasteiger partial charge in [-0.1, -0.05) is 24.6 Å². The second kappa shape index (κ2) is 5.51. The molecule has 4 heteroatoms. The monoisotopic (exact) mass is 277 g/mol. The molecule has 1 aliphatic heterocycles. The van der Waals surface area contributed by atoms with Crippen LogP contribution >= 0.6 is 11.6 Å². The van der Waals surface area contributed by atoms with Crippen molar-refractivity contribution >= 4 is 22.6 Å². The smallest absolute Gasteiger partial charge is 0.114 e. The van der Waals surface area contributed by atoms with Crippen LogP contribution in [0.3, 0.4) is 0 Å². The minimum absolute atomic E-state index is 0.517. The summed E-state index contributed by atoms with van der Waals surface area (Å²) in [6.07, 6.45) is 3.55. The van der Waals surface area contributed by atoms with Gasteiger partial charge in [-0.25, -0.2) is 4.98 Å². The molecule has 1 saturated heterocycles. The van der Waals surface area contributed by atoms with Crippen molar-refractivity contribution < 1.29 is 0 Å². The van der Waals surface area contributed by atoms with Gasteiger partial charge in [0.15, 0.2) is 0 Å². The van der Waals surface area contributed by atoms with Gasteiger partial charge in [-0.15, -0.1) is 0 Å². The molecule has 1 aliphatic rings. The number of hydrogen-bond acceptors (Lipinski definition) is 2. The third-order valence-electron chi connectivity index (χ3n) is 3.86. The van der Waals surface area contributed by atoms with Crippen molar-refractivity contribution in [1.29, 1.82) is 0 Å². The number of nitrogens with one attached hydrogen (secondary N) is 1. The Kier molecular flexibility index (Phi) is 3.76. The minimum Gasteiger partial charge on any atom is -0.327 e. The molecule has 1 unspecified atom stereocenters. The van der Waals surface area contributed by atoms with E-state index in [-0.39, 0.29) is 0 Å². The van der Waals surface area contributed by atoms with Crippen LogP contribution < -0.4 is 5.32 Å². The van der Waals surface area contributed by atoms with Gasteiger partial charge in [0.1, 0.15) is 5.82 Å². The first-order valence-corrected chi connectivity index (χ1v) is 7.54. The molecule has 3 nitrogen and oxygen atoms in total. The molecular formula is C15H20ClN3. The molecule has 0 bridgehead atoms. The zero-order valence-corrected chi connectivity index (χ0v) is 12.1. The second-order valence-corrected chi connectivity index (χ2v) is 5.68. The topological polar surface area (TPSA) is 29.9 Å². The predicted molar refractivity (Wildman–Crippen MR) is 79.9 cm³/mol. The first-order chi connectivity index (χ1) is 9.31. The Morgan fingerprint density at radius 2 is 2.37 bits per heavy atom. The second-order valence-electron chi connectivity index (χ2n) is 5.27. The standard InChI is InChI=1S/C15H20ClN3/c1-2-9-19-14-12(16)6-3-7-13(14)18-15(19)11-5-4-8-17-10-11/h3,6-7,11,17H,2,4-5,8-10H2,1H3. The zero-order chi connectivity index (χ0) is 13.2. The van der Waals surface area contributed by atoms with E-state index >= 15 is 0 Å². The first kappa shape index (κ1) is 12.9. The van der Waals surface area contributed by atoms with Crippen LogP contribution in [0.1, 0.15) is 37.9 Å². The van der Waals surface area contributed by atoms with Gasteiger partial charge in [-0.2, -0.15) is 0 Å². The summed E-state index contributed by atoms with van der Waals surface area (Å²) in [4.78, 5) is 4.85. The van der Waals surface area contributed by atoms with Crippen LogP contribution in [0.25, 0.3) is 11.0 Å². The van der Waals surface area contributed by atoms with Crippen LogP contribution in [0.2, 0.25) is 5.02 Å². The highest BCUT2D eigenvalue weighted by Crippen LogP contribution is 2.30. The third-order valence-corrected chi connectivity index (χ3v) is 4.16. The van der Waals surface area contributed by atoms with Crippen LogP contribution in [-0.2, 0) is 6.54 Å². The summed E-state index contributed by atoms with van der Waals surface area (Å²) in [5.74, 6) is 1.72. The Morgan fingerprint density at radius 1 is 1.47 bits per heavy atom. The van der Waals surface area contributed by atoms with Crippen molar-refractivity contribution in [2.24, 2.45) is 0 Å². The Balaban J connectivity index is 2.11. The van der Waals surface area contributed by atoms with Gasteiger partial charge in [0.05, 0.1) is 16.1 Å². The average molecular weight is 278 g/mol. The van der Waals surface area contributed by atoms with Gasteiger partial charge >= 0.3 is 0 Å². The third kappa shape index (κ3) is 2.37. The van der Waals surface area contributed by atoms with Crippen LogP contribution in [0, 0.1) is 0 Å². The molecule has 0 radical (unpaired) electrons. The first-order valence-electron chi connectivity index (χ1n) is 7.16. The summed E-state index contributed by atoms with van der Waals surface area (Å²) in [6.45, 7) is 5.35. The van der Waals surface area contributed by atoms with Gasteiger partial charge in [-0.3, -0.25) is 0 Å². The summed E-state index contributed by atoms with van der Waals surface area (Å²) >= 11 is 6.37. The van der Waals surface area contributed by atoms with Gasteiger partial charge in [-0.05, 0) is 37.9 Å². The number of para-hydroxylation sites is 1. The summed E-state index contributed by atoms with van der Waals surface area (Å²) in [5.41, 5.74) is 2.13. The quantitative estimate of drug-likeness (QED) is 0.930. The summed E-state index contributed by atoms with van der Waals surface area (Å²) in [7, 11) is 0. The molecule has 1 fully saturated rings. The van der Waals surface area contributed by atoms with Gasteiger partial charge in [0.25, 0.3) is 0 Å². The number of imidazole rings is 1. The molecule has 1 aromatic heterocycles. The maximum Gasteiger partial charge on any atom is 0.114 e. The highest BCUT2D eigenvalue weighted by atomic mass is 35.5. The molecule has 1 N–H and O–H groups in total. The molecule has 2 aromatic rings. The minimum atomic E-state index is 0.517. The maximum absolute atomic E-state index is 6.37. The van der Waals surface area contributed by atoms with Gasteiger partial charge in [0, 0.05) is 19.0 Å². The fourth-order valence-electron chi connectivity index (χ4n) is 2.99. The van der Waals surface area contributed by atoms with Crippen LogP contribution in [-0.4, -0.2) is 22.6 Å². The van der Waals surface area contributed by atoms with E-state index in [1.165, 1.54) is 18.7 Å². The number of rotatable bonds is 3. The lowest BCUT2D eigenvalue weighted by Gasteiger charge is -2.23. The molecule has 3 rings (SSSR count). The van der Waals surface area contributed by atoms with Gasteiger partial charge in [0.2, 0.25) is 0 Å². The predicted octanol–water partition coefficient (Wildman–Crippen LogP) is 3.57. The lowest BCUT2D eigenvalue weighted by atomic mass is 9.99. The number of aryl methyl sites for hydroxylation is 1. The van der Waals surface area contributed by atoms with Crippen molar-refractivity contribution in [3.8, 4) is 0 Å². The highest BCUT2D eigenvalue weighted by molar-refractivity contribution is 6.35. The molecule has 0 amide bonds. The number of benzene rings is 1. The van der Waals surface area contributed by atoms with Crippen LogP contribution in [0.4, 0.5) is 0 Å². The van der Waals surface area contributed by atoms with Crippen molar-refractivity contribution in [2.75, 3.05) is 13.1 Å². The van der Waals surface area contributed by atoms with Crippen molar-refractivity contribution in [3.63, 3.8) is 0 Å². The molecule has 2 heterocycles. The maximum atomic E-state index is 6.37. The number of nitrogens with zero attached hydrogens (tertiary/aromatic N) is 2. The number of fused-ring (bicyclic) bond motifs is 1. The number of halogens is 1. The van der Waals surface area contributed by atoms with Crippen LogP contribution in [0.5, 0.6) is 0 Å². The Labute approximate surface area is 119 Å². The molecule has 0 aliphatic carbocycles. The summed E-state index contributed by atoms with van der Waals surface area (Å²) in [6, 6.07) is 6.00. The average Bonchev–Trinajstić information content (AvgIpc) is 2.81.